The van der Waals surface area contributed by atoms with Crippen LogP contribution in [-0.2, 0) is 6.54 Å². The molecule has 0 amide bonds. The minimum Gasteiger partial charge on any atom is -0.370 e. The van der Waals surface area contributed by atoms with E-state index >= 15 is 0 Å². The molecule has 1 N–H and O–H groups in total. The normalized spacial score (nSPS) is 10.9. The Bertz CT molecular complexity index is 352. The number of hydrogen-bond acceptors (Lipinski definition) is 4. The van der Waals surface area contributed by atoms with Crippen molar-refractivity contribution in [2.24, 2.45) is 0 Å². The number of nitrogens with zero attached hydrogens (tertiary/aromatic N) is 3. The van der Waals surface area contributed by atoms with Gasteiger partial charge >= 0.3 is 0 Å². The van der Waals surface area contributed by atoms with Crippen LogP contribution in [0.4, 0.5) is 5.82 Å². The molecule has 18 heavy (non-hydrogen) atoms. The van der Waals surface area contributed by atoms with Gasteiger partial charge in [-0.1, -0.05) is 20.3 Å². The van der Waals surface area contributed by atoms with Crippen LogP contribution in [0.5, 0.6) is 0 Å². The first-order chi connectivity index (χ1) is 8.69. The first kappa shape index (κ1) is 14.9. The molecule has 4 heteroatoms. The molecule has 0 aliphatic rings. The highest BCUT2D eigenvalue weighted by Crippen LogP contribution is 2.08. The Kier molecular flexibility index (Phi) is 6.65. The number of unbranched alkanes of at least 4 members (excludes halogenated alkanes) is 1. The summed E-state index contributed by atoms with van der Waals surface area (Å²) in [5, 5.41) is 3.25. The number of anilines is 1. The summed E-state index contributed by atoms with van der Waals surface area (Å²) in [7, 11) is 0. The molecule has 0 saturated carbocycles. The van der Waals surface area contributed by atoms with Crippen molar-refractivity contribution in [1.82, 2.24) is 14.9 Å². The molecule has 102 valence electrons. The molecular formula is C14H26N4. The van der Waals surface area contributed by atoms with Gasteiger partial charge in [-0.2, -0.15) is 0 Å². The van der Waals surface area contributed by atoms with Crippen molar-refractivity contribution >= 4 is 5.82 Å². The van der Waals surface area contributed by atoms with Gasteiger partial charge in [0, 0.05) is 18.3 Å². The zero-order valence-corrected chi connectivity index (χ0v) is 12.2. The van der Waals surface area contributed by atoms with E-state index in [0.29, 0.717) is 0 Å². The van der Waals surface area contributed by atoms with Gasteiger partial charge < -0.3 is 5.32 Å². The average Bonchev–Trinajstić information content (AvgIpc) is 2.34. The van der Waals surface area contributed by atoms with E-state index in [2.05, 4.69) is 41.0 Å². The van der Waals surface area contributed by atoms with Crippen molar-refractivity contribution in [3.05, 3.63) is 17.6 Å². The second-order valence-corrected chi connectivity index (χ2v) is 4.56. The van der Waals surface area contributed by atoms with Gasteiger partial charge in [0.05, 0.1) is 6.54 Å². The summed E-state index contributed by atoms with van der Waals surface area (Å²) in [5.41, 5.74) is 1.03. The van der Waals surface area contributed by atoms with Crippen LogP contribution in [0.1, 0.15) is 45.1 Å². The summed E-state index contributed by atoms with van der Waals surface area (Å²) >= 11 is 0. The van der Waals surface area contributed by atoms with Crippen LogP contribution in [-0.4, -0.2) is 34.5 Å². The summed E-state index contributed by atoms with van der Waals surface area (Å²) in [5.74, 6) is 1.86. The van der Waals surface area contributed by atoms with Crippen molar-refractivity contribution in [1.29, 1.82) is 0 Å². The number of rotatable bonds is 8. The van der Waals surface area contributed by atoms with Crippen LogP contribution in [0, 0.1) is 6.92 Å². The van der Waals surface area contributed by atoms with Gasteiger partial charge in [-0.05, 0) is 33.4 Å². The van der Waals surface area contributed by atoms with E-state index in [-0.39, 0.29) is 0 Å². The molecule has 0 radical (unpaired) electrons. The van der Waals surface area contributed by atoms with Crippen molar-refractivity contribution in [3.8, 4) is 0 Å². The second kappa shape index (κ2) is 8.03. The fourth-order valence-electron chi connectivity index (χ4n) is 1.90. The monoisotopic (exact) mass is 250 g/mol. The van der Waals surface area contributed by atoms with E-state index in [0.717, 1.165) is 43.5 Å². The van der Waals surface area contributed by atoms with E-state index in [4.69, 9.17) is 0 Å². The molecule has 1 aromatic rings. The van der Waals surface area contributed by atoms with E-state index in [9.17, 15) is 0 Å². The third-order valence-electron chi connectivity index (χ3n) is 2.90. The fourth-order valence-corrected chi connectivity index (χ4v) is 1.90. The molecule has 0 saturated heterocycles. The predicted molar refractivity (Wildman–Crippen MR) is 76.8 cm³/mol. The van der Waals surface area contributed by atoms with Crippen LogP contribution in [0.15, 0.2) is 6.07 Å². The van der Waals surface area contributed by atoms with Gasteiger partial charge in [-0.25, -0.2) is 9.97 Å². The van der Waals surface area contributed by atoms with Crippen molar-refractivity contribution < 1.29 is 0 Å². The minimum atomic E-state index is 0.844. The lowest BCUT2D eigenvalue weighted by Gasteiger charge is -2.19. The van der Waals surface area contributed by atoms with E-state index in [1.165, 1.54) is 12.8 Å². The molecule has 0 aliphatic heterocycles. The van der Waals surface area contributed by atoms with E-state index in [1.807, 2.05) is 13.0 Å². The first-order valence-corrected chi connectivity index (χ1v) is 7.00. The van der Waals surface area contributed by atoms with E-state index in [1.54, 1.807) is 0 Å². The Hall–Kier alpha value is -1.16. The molecular weight excluding hydrogens is 224 g/mol. The van der Waals surface area contributed by atoms with Gasteiger partial charge in [0.25, 0.3) is 0 Å². The number of aryl methyl sites for hydroxylation is 1. The highest BCUT2D eigenvalue weighted by Gasteiger charge is 2.07. The predicted octanol–water partition coefficient (Wildman–Crippen LogP) is 2.84. The lowest BCUT2D eigenvalue weighted by Crippen LogP contribution is -2.25. The molecule has 1 heterocycles. The molecule has 1 aromatic heterocycles. The summed E-state index contributed by atoms with van der Waals surface area (Å²) in [6.07, 6.45) is 2.47. The quantitative estimate of drug-likeness (QED) is 0.770. The van der Waals surface area contributed by atoms with Crippen LogP contribution >= 0.6 is 0 Å². The molecule has 0 atom stereocenters. The molecule has 1 rings (SSSR count). The van der Waals surface area contributed by atoms with Crippen molar-refractivity contribution in [2.45, 2.75) is 47.1 Å². The molecule has 0 spiro atoms. The maximum Gasteiger partial charge on any atom is 0.144 e. The molecule has 0 bridgehead atoms. The molecule has 0 aliphatic carbocycles. The molecule has 0 fully saturated rings. The van der Waals surface area contributed by atoms with Gasteiger partial charge in [-0.3, -0.25) is 4.90 Å². The van der Waals surface area contributed by atoms with Crippen LogP contribution in [0.3, 0.4) is 0 Å². The summed E-state index contributed by atoms with van der Waals surface area (Å²) in [4.78, 5) is 11.5. The van der Waals surface area contributed by atoms with Crippen molar-refractivity contribution in [2.75, 3.05) is 25.0 Å². The lowest BCUT2D eigenvalue weighted by molar-refractivity contribution is 0.268. The SMILES string of the molecule is CCCCN(CC)Cc1nc(C)cc(NCC)n1. The Labute approximate surface area is 111 Å². The summed E-state index contributed by atoms with van der Waals surface area (Å²) in [6, 6.07) is 2.00. The largest absolute Gasteiger partial charge is 0.370 e. The highest BCUT2D eigenvalue weighted by molar-refractivity contribution is 5.35. The second-order valence-electron chi connectivity index (χ2n) is 4.56. The third-order valence-corrected chi connectivity index (χ3v) is 2.90. The zero-order chi connectivity index (χ0) is 13.4. The van der Waals surface area contributed by atoms with Gasteiger partial charge in [0.1, 0.15) is 11.6 Å². The summed E-state index contributed by atoms with van der Waals surface area (Å²) < 4.78 is 0. The lowest BCUT2D eigenvalue weighted by atomic mass is 10.3. The maximum absolute atomic E-state index is 4.56. The number of nitrogens with one attached hydrogen (secondary N) is 1. The Morgan fingerprint density at radius 3 is 2.61 bits per heavy atom. The van der Waals surface area contributed by atoms with Crippen molar-refractivity contribution in [3.63, 3.8) is 0 Å². The molecule has 0 aromatic carbocycles. The Balaban J connectivity index is 2.69. The minimum absolute atomic E-state index is 0.844. The van der Waals surface area contributed by atoms with Gasteiger partial charge in [0.2, 0.25) is 0 Å². The molecule has 0 unspecified atom stereocenters. The van der Waals surface area contributed by atoms with Crippen LogP contribution < -0.4 is 5.32 Å². The molecule has 4 nitrogen and oxygen atoms in total. The standard InChI is InChI=1S/C14H26N4/c1-5-8-9-18(7-3)11-14-16-12(4)10-13(17-14)15-6-2/h10H,5-9,11H2,1-4H3,(H,15,16,17). The number of hydrogen-bond donors (Lipinski definition) is 1. The fraction of sp³-hybridized carbons (Fsp3) is 0.714. The zero-order valence-electron chi connectivity index (χ0n) is 12.2. The van der Waals surface area contributed by atoms with Gasteiger partial charge in [0.15, 0.2) is 0 Å². The van der Waals surface area contributed by atoms with E-state index < -0.39 is 0 Å². The Morgan fingerprint density at radius 2 is 2.00 bits per heavy atom. The maximum atomic E-state index is 4.56. The van der Waals surface area contributed by atoms with Crippen LogP contribution in [0.25, 0.3) is 0 Å². The summed E-state index contributed by atoms with van der Waals surface area (Å²) in [6.45, 7) is 12.4. The van der Waals surface area contributed by atoms with Crippen LogP contribution in [0.2, 0.25) is 0 Å². The average molecular weight is 250 g/mol. The first-order valence-electron chi connectivity index (χ1n) is 7.00. The third kappa shape index (κ3) is 5.00. The topological polar surface area (TPSA) is 41.1 Å². The smallest absolute Gasteiger partial charge is 0.144 e. The number of aromatic nitrogens is 2. The van der Waals surface area contributed by atoms with Gasteiger partial charge in [-0.15, -0.1) is 0 Å². The Morgan fingerprint density at radius 1 is 1.22 bits per heavy atom. The highest BCUT2D eigenvalue weighted by atomic mass is 15.1.